The number of nitrogens with zero attached hydrogens (tertiary/aromatic N) is 2. The number of pyridine rings is 1. The first-order chi connectivity index (χ1) is 9.51. The molecule has 0 saturated heterocycles. The van der Waals surface area contributed by atoms with E-state index in [0.717, 1.165) is 36.9 Å². The normalized spacial score (nSPS) is 14.6. The van der Waals surface area contributed by atoms with Crippen LogP contribution in [0.25, 0.3) is 0 Å². The molecule has 0 spiro atoms. The van der Waals surface area contributed by atoms with Crippen LogP contribution in [0.1, 0.15) is 62.0 Å². The van der Waals surface area contributed by atoms with Gasteiger partial charge in [0.2, 0.25) is 0 Å². The van der Waals surface area contributed by atoms with E-state index in [0.29, 0.717) is 5.56 Å². The Kier molecular flexibility index (Phi) is 4.63. The van der Waals surface area contributed by atoms with Gasteiger partial charge in [-0.05, 0) is 43.2 Å². The Bertz CT molecular complexity index is 481. The maximum atomic E-state index is 11.3. The van der Waals surface area contributed by atoms with Gasteiger partial charge in [-0.15, -0.1) is 0 Å². The Labute approximate surface area is 120 Å². The molecule has 1 heterocycles. The van der Waals surface area contributed by atoms with Crippen LogP contribution in [0.15, 0.2) is 12.1 Å². The second kappa shape index (κ2) is 6.25. The molecule has 0 bridgehead atoms. The highest BCUT2D eigenvalue weighted by Crippen LogP contribution is 2.31. The summed E-state index contributed by atoms with van der Waals surface area (Å²) in [6, 6.07) is 3.41. The number of carbonyl (C=O) groups is 1. The molecule has 1 saturated carbocycles. The molecule has 2 rings (SSSR count). The van der Waals surface area contributed by atoms with Gasteiger partial charge in [0.25, 0.3) is 0 Å². The average Bonchev–Trinajstić information content (AvgIpc) is 3.21. The summed E-state index contributed by atoms with van der Waals surface area (Å²) in [6.45, 7) is 8.17. The van der Waals surface area contributed by atoms with Gasteiger partial charge in [-0.2, -0.15) is 0 Å². The highest BCUT2D eigenvalue weighted by molar-refractivity contribution is 5.88. The third-order valence-electron chi connectivity index (χ3n) is 3.66. The van der Waals surface area contributed by atoms with Crippen molar-refractivity contribution in [1.82, 2.24) is 4.98 Å². The third-order valence-corrected chi connectivity index (χ3v) is 3.66. The van der Waals surface area contributed by atoms with E-state index >= 15 is 0 Å². The van der Waals surface area contributed by atoms with E-state index in [1.807, 2.05) is 13.8 Å². The standard InChI is InChI=1S/C16H24N2O2/c1-4-7-18(10-12-5-6-12)15-9-13(16(19)20)8-14(17-15)11(2)3/h8-9,11-12H,4-7,10H2,1-3H3,(H,19,20). The van der Waals surface area contributed by atoms with Crippen molar-refractivity contribution in [2.75, 3.05) is 18.0 Å². The summed E-state index contributed by atoms with van der Waals surface area (Å²) in [5.74, 6) is 0.942. The number of rotatable bonds is 7. The average molecular weight is 276 g/mol. The van der Waals surface area contributed by atoms with Crippen molar-refractivity contribution in [2.24, 2.45) is 5.92 Å². The number of aromatic nitrogens is 1. The summed E-state index contributed by atoms with van der Waals surface area (Å²) >= 11 is 0. The minimum absolute atomic E-state index is 0.234. The predicted molar refractivity (Wildman–Crippen MR) is 80.5 cm³/mol. The molecule has 0 aliphatic heterocycles. The van der Waals surface area contributed by atoms with Gasteiger partial charge < -0.3 is 10.0 Å². The molecule has 0 aromatic carbocycles. The van der Waals surface area contributed by atoms with Gasteiger partial charge >= 0.3 is 5.97 Å². The van der Waals surface area contributed by atoms with Crippen LogP contribution < -0.4 is 4.90 Å². The van der Waals surface area contributed by atoms with E-state index in [2.05, 4.69) is 16.8 Å². The lowest BCUT2D eigenvalue weighted by Crippen LogP contribution is -2.28. The van der Waals surface area contributed by atoms with Gasteiger partial charge in [0, 0.05) is 18.8 Å². The molecule has 4 heteroatoms. The van der Waals surface area contributed by atoms with Crippen LogP contribution in [0.5, 0.6) is 0 Å². The number of carboxylic acids is 1. The van der Waals surface area contributed by atoms with Crippen LogP contribution in [0, 0.1) is 5.92 Å². The van der Waals surface area contributed by atoms with Crippen molar-refractivity contribution < 1.29 is 9.90 Å². The highest BCUT2D eigenvalue weighted by Gasteiger charge is 2.25. The van der Waals surface area contributed by atoms with Crippen LogP contribution in [0.4, 0.5) is 5.82 Å². The Balaban J connectivity index is 2.32. The quantitative estimate of drug-likeness (QED) is 0.827. The van der Waals surface area contributed by atoms with Gasteiger partial charge in [0.05, 0.1) is 5.56 Å². The molecule has 0 amide bonds. The summed E-state index contributed by atoms with van der Waals surface area (Å²) in [5, 5.41) is 9.28. The second-order valence-electron chi connectivity index (χ2n) is 5.99. The largest absolute Gasteiger partial charge is 0.478 e. The highest BCUT2D eigenvalue weighted by atomic mass is 16.4. The van der Waals surface area contributed by atoms with E-state index < -0.39 is 5.97 Å². The molecule has 110 valence electrons. The summed E-state index contributed by atoms with van der Waals surface area (Å²) in [5.41, 5.74) is 1.20. The fraction of sp³-hybridized carbons (Fsp3) is 0.625. The maximum absolute atomic E-state index is 11.3. The summed E-state index contributed by atoms with van der Waals surface area (Å²) in [4.78, 5) is 18.2. The SMILES string of the molecule is CCCN(CC1CC1)c1cc(C(=O)O)cc(C(C)C)n1. The zero-order chi connectivity index (χ0) is 14.7. The maximum Gasteiger partial charge on any atom is 0.335 e. The minimum atomic E-state index is -0.876. The number of aromatic carboxylic acids is 1. The van der Waals surface area contributed by atoms with Crippen LogP contribution >= 0.6 is 0 Å². The molecule has 1 aliphatic rings. The first-order valence-corrected chi connectivity index (χ1v) is 7.51. The van der Waals surface area contributed by atoms with Crippen LogP contribution in [-0.2, 0) is 0 Å². The lowest BCUT2D eigenvalue weighted by atomic mass is 10.1. The lowest BCUT2D eigenvalue weighted by Gasteiger charge is -2.24. The predicted octanol–water partition coefficient (Wildman–Crippen LogP) is 3.53. The van der Waals surface area contributed by atoms with Gasteiger partial charge in [0.15, 0.2) is 0 Å². The van der Waals surface area contributed by atoms with E-state index in [1.54, 1.807) is 12.1 Å². The molecule has 1 fully saturated rings. The molecule has 1 N–H and O–H groups in total. The lowest BCUT2D eigenvalue weighted by molar-refractivity contribution is 0.0696. The van der Waals surface area contributed by atoms with E-state index in [9.17, 15) is 9.90 Å². The topological polar surface area (TPSA) is 53.4 Å². The Morgan fingerprint density at radius 1 is 1.45 bits per heavy atom. The van der Waals surface area contributed by atoms with Crippen LogP contribution in [0.3, 0.4) is 0 Å². The Morgan fingerprint density at radius 2 is 2.15 bits per heavy atom. The Morgan fingerprint density at radius 3 is 2.65 bits per heavy atom. The van der Waals surface area contributed by atoms with E-state index in [4.69, 9.17) is 0 Å². The second-order valence-corrected chi connectivity index (χ2v) is 5.99. The summed E-state index contributed by atoms with van der Waals surface area (Å²) in [6.07, 6.45) is 3.62. The van der Waals surface area contributed by atoms with Crippen molar-refractivity contribution in [3.05, 3.63) is 23.4 Å². The number of anilines is 1. The number of hydrogen-bond donors (Lipinski definition) is 1. The number of hydrogen-bond acceptors (Lipinski definition) is 3. The summed E-state index contributed by atoms with van der Waals surface area (Å²) in [7, 11) is 0. The minimum Gasteiger partial charge on any atom is -0.478 e. The molecule has 4 nitrogen and oxygen atoms in total. The van der Waals surface area contributed by atoms with Crippen molar-refractivity contribution in [3.8, 4) is 0 Å². The first-order valence-electron chi connectivity index (χ1n) is 7.51. The molecule has 0 atom stereocenters. The molecular weight excluding hydrogens is 252 g/mol. The van der Waals surface area contributed by atoms with Crippen molar-refractivity contribution in [2.45, 2.75) is 46.0 Å². The number of carboxylic acid groups (broad SMARTS) is 1. The van der Waals surface area contributed by atoms with Crippen LogP contribution in [-0.4, -0.2) is 29.1 Å². The van der Waals surface area contributed by atoms with E-state index in [1.165, 1.54) is 12.8 Å². The fourth-order valence-electron chi connectivity index (χ4n) is 2.30. The van der Waals surface area contributed by atoms with Gasteiger partial charge in [0.1, 0.15) is 5.82 Å². The third kappa shape index (κ3) is 3.71. The monoisotopic (exact) mass is 276 g/mol. The van der Waals surface area contributed by atoms with E-state index in [-0.39, 0.29) is 5.92 Å². The van der Waals surface area contributed by atoms with Crippen LogP contribution in [0.2, 0.25) is 0 Å². The molecule has 0 unspecified atom stereocenters. The van der Waals surface area contributed by atoms with Crippen molar-refractivity contribution >= 4 is 11.8 Å². The van der Waals surface area contributed by atoms with Gasteiger partial charge in [-0.1, -0.05) is 20.8 Å². The smallest absolute Gasteiger partial charge is 0.335 e. The molecule has 1 aromatic heterocycles. The van der Waals surface area contributed by atoms with Gasteiger partial charge in [-0.25, -0.2) is 9.78 Å². The zero-order valence-corrected chi connectivity index (χ0v) is 12.6. The fourth-order valence-corrected chi connectivity index (χ4v) is 2.30. The molecular formula is C16H24N2O2. The molecule has 1 aliphatic carbocycles. The zero-order valence-electron chi connectivity index (χ0n) is 12.6. The van der Waals surface area contributed by atoms with Gasteiger partial charge in [-0.3, -0.25) is 0 Å². The molecule has 20 heavy (non-hydrogen) atoms. The molecule has 0 radical (unpaired) electrons. The van der Waals surface area contributed by atoms with Crippen molar-refractivity contribution in [3.63, 3.8) is 0 Å². The Hall–Kier alpha value is -1.58. The van der Waals surface area contributed by atoms with Crippen molar-refractivity contribution in [1.29, 1.82) is 0 Å². The summed E-state index contributed by atoms with van der Waals surface area (Å²) < 4.78 is 0. The first kappa shape index (κ1) is 14.8. The molecule has 1 aromatic rings.